The molecule has 98 valence electrons. The summed E-state index contributed by atoms with van der Waals surface area (Å²) < 4.78 is 5.02. The lowest BCUT2D eigenvalue weighted by molar-refractivity contribution is 0.0524. The molecule has 19 heavy (non-hydrogen) atoms. The molecule has 0 bridgehead atoms. The Morgan fingerprint density at radius 2 is 2.32 bits per heavy atom. The maximum absolute atomic E-state index is 11.9. The number of hydrogen-bond acceptors (Lipinski definition) is 6. The van der Waals surface area contributed by atoms with Gasteiger partial charge in [0.25, 0.3) is 0 Å². The van der Waals surface area contributed by atoms with Gasteiger partial charge in [0, 0.05) is 12.1 Å². The largest absolute Gasteiger partial charge is 0.462 e. The third-order valence-corrected chi connectivity index (χ3v) is 2.90. The minimum absolute atomic E-state index is 0.323. The molecule has 0 aliphatic heterocycles. The maximum Gasteiger partial charge on any atom is 0.341 e. The van der Waals surface area contributed by atoms with Crippen LogP contribution >= 0.6 is 0 Å². The first kappa shape index (κ1) is 11.8. The van der Waals surface area contributed by atoms with Crippen molar-refractivity contribution in [1.29, 1.82) is 0 Å². The summed E-state index contributed by atoms with van der Waals surface area (Å²) >= 11 is 0. The molecule has 1 fully saturated rings. The van der Waals surface area contributed by atoms with Crippen LogP contribution in [0.25, 0.3) is 11.6 Å². The summed E-state index contributed by atoms with van der Waals surface area (Å²) in [4.78, 5) is 24.5. The summed E-state index contributed by atoms with van der Waals surface area (Å²) in [5.74, 6) is 0.905. The van der Waals surface area contributed by atoms with E-state index in [0.717, 1.165) is 18.5 Å². The SMILES string of the molecule is CCOC(=O)c1cnc(-c2ncn[nH]2)nc1C1CC1. The zero-order valence-electron chi connectivity index (χ0n) is 10.5. The van der Waals surface area contributed by atoms with E-state index in [2.05, 4.69) is 25.1 Å². The highest BCUT2D eigenvalue weighted by molar-refractivity contribution is 5.90. The molecule has 2 aromatic rings. The normalized spacial score (nSPS) is 14.4. The molecule has 2 aromatic heterocycles. The molecular formula is C12H13N5O2. The van der Waals surface area contributed by atoms with Crippen LogP contribution in [0.3, 0.4) is 0 Å². The van der Waals surface area contributed by atoms with Crippen molar-refractivity contribution in [1.82, 2.24) is 25.1 Å². The van der Waals surface area contributed by atoms with Gasteiger partial charge in [-0.05, 0) is 19.8 Å². The number of ether oxygens (including phenoxy) is 1. The van der Waals surface area contributed by atoms with Crippen LogP contribution in [0.15, 0.2) is 12.5 Å². The topological polar surface area (TPSA) is 93.6 Å². The van der Waals surface area contributed by atoms with Crippen molar-refractivity contribution < 1.29 is 9.53 Å². The molecule has 7 nitrogen and oxygen atoms in total. The highest BCUT2D eigenvalue weighted by atomic mass is 16.5. The molecule has 2 heterocycles. The second-order valence-electron chi connectivity index (χ2n) is 4.32. The maximum atomic E-state index is 11.9. The molecule has 1 saturated carbocycles. The molecule has 0 saturated heterocycles. The van der Waals surface area contributed by atoms with Crippen LogP contribution in [0.4, 0.5) is 0 Å². The van der Waals surface area contributed by atoms with Crippen LogP contribution in [-0.2, 0) is 4.74 Å². The molecule has 0 atom stereocenters. The van der Waals surface area contributed by atoms with Crippen molar-refractivity contribution in [2.75, 3.05) is 6.61 Å². The van der Waals surface area contributed by atoms with E-state index in [4.69, 9.17) is 4.74 Å². The van der Waals surface area contributed by atoms with Gasteiger partial charge in [-0.1, -0.05) is 0 Å². The average Bonchev–Trinajstić information content (AvgIpc) is 3.13. The summed E-state index contributed by atoms with van der Waals surface area (Å²) in [7, 11) is 0. The fourth-order valence-electron chi connectivity index (χ4n) is 1.86. The van der Waals surface area contributed by atoms with Gasteiger partial charge in [-0.3, -0.25) is 5.10 Å². The number of hydrogen-bond donors (Lipinski definition) is 1. The van der Waals surface area contributed by atoms with Crippen molar-refractivity contribution in [3.8, 4) is 11.6 Å². The highest BCUT2D eigenvalue weighted by Crippen LogP contribution is 2.41. The fourth-order valence-corrected chi connectivity index (χ4v) is 1.86. The van der Waals surface area contributed by atoms with Crippen molar-refractivity contribution in [3.05, 3.63) is 23.8 Å². The number of nitrogens with one attached hydrogen (secondary N) is 1. The predicted molar refractivity (Wildman–Crippen MR) is 65.3 cm³/mol. The lowest BCUT2D eigenvalue weighted by atomic mass is 10.1. The van der Waals surface area contributed by atoms with Gasteiger partial charge in [-0.15, -0.1) is 0 Å². The van der Waals surface area contributed by atoms with E-state index in [1.807, 2.05) is 0 Å². The molecule has 1 aliphatic carbocycles. The van der Waals surface area contributed by atoms with E-state index in [0.29, 0.717) is 29.7 Å². The van der Waals surface area contributed by atoms with Gasteiger partial charge >= 0.3 is 5.97 Å². The molecule has 3 rings (SSSR count). The number of H-pyrrole nitrogens is 1. The smallest absolute Gasteiger partial charge is 0.341 e. The quantitative estimate of drug-likeness (QED) is 0.832. The first-order chi connectivity index (χ1) is 9.29. The molecule has 1 aliphatic rings. The molecule has 7 heteroatoms. The Balaban J connectivity index is 2.00. The Morgan fingerprint density at radius 1 is 1.47 bits per heavy atom. The second kappa shape index (κ2) is 4.75. The minimum Gasteiger partial charge on any atom is -0.462 e. The molecular weight excluding hydrogens is 246 g/mol. The molecule has 0 amide bonds. The third kappa shape index (κ3) is 2.31. The van der Waals surface area contributed by atoms with Gasteiger partial charge in [0.1, 0.15) is 6.33 Å². The van der Waals surface area contributed by atoms with Crippen LogP contribution in [0, 0.1) is 0 Å². The van der Waals surface area contributed by atoms with Gasteiger partial charge in [0.05, 0.1) is 17.9 Å². The first-order valence-corrected chi connectivity index (χ1v) is 6.19. The van der Waals surface area contributed by atoms with E-state index in [1.54, 1.807) is 6.92 Å². The number of carbonyl (C=O) groups is 1. The van der Waals surface area contributed by atoms with Crippen molar-refractivity contribution in [2.24, 2.45) is 0 Å². The van der Waals surface area contributed by atoms with Gasteiger partial charge in [0.15, 0.2) is 11.6 Å². The summed E-state index contributed by atoms with van der Waals surface area (Å²) in [5.41, 5.74) is 1.20. The summed E-state index contributed by atoms with van der Waals surface area (Å²) in [5, 5.41) is 6.48. The van der Waals surface area contributed by atoms with E-state index in [1.165, 1.54) is 12.5 Å². The highest BCUT2D eigenvalue weighted by Gasteiger charge is 2.31. The number of aromatic nitrogens is 5. The van der Waals surface area contributed by atoms with E-state index < -0.39 is 0 Å². The number of nitrogens with zero attached hydrogens (tertiary/aromatic N) is 4. The van der Waals surface area contributed by atoms with Gasteiger partial charge < -0.3 is 4.74 Å². The summed E-state index contributed by atoms with van der Waals surface area (Å²) in [6.07, 6.45) is 4.99. The third-order valence-electron chi connectivity index (χ3n) is 2.90. The minimum atomic E-state index is -0.367. The summed E-state index contributed by atoms with van der Waals surface area (Å²) in [6.45, 7) is 2.12. The molecule has 0 spiro atoms. The van der Waals surface area contributed by atoms with Crippen LogP contribution in [0.5, 0.6) is 0 Å². The lowest BCUT2D eigenvalue weighted by Crippen LogP contribution is -2.11. The van der Waals surface area contributed by atoms with Crippen molar-refractivity contribution in [2.45, 2.75) is 25.7 Å². The monoisotopic (exact) mass is 259 g/mol. The Kier molecular flexibility index (Phi) is 2.94. The Hall–Kier alpha value is -2.31. The van der Waals surface area contributed by atoms with Gasteiger partial charge in [0.2, 0.25) is 0 Å². The Labute approximate surface area is 109 Å². The summed E-state index contributed by atoms with van der Waals surface area (Å²) in [6, 6.07) is 0. The Bertz CT molecular complexity index is 592. The zero-order chi connectivity index (χ0) is 13.2. The Morgan fingerprint density at radius 3 is 2.95 bits per heavy atom. The van der Waals surface area contributed by atoms with E-state index in [9.17, 15) is 4.79 Å². The number of carbonyl (C=O) groups excluding carboxylic acids is 1. The van der Waals surface area contributed by atoms with Crippen LogP contribution < -0.4 is 0 Å². The predicted octanol–water partition coefficient (Wildman–Crippen LogP) is 1.32. The molecule has 1 N–H and O–H groups in total. The first-order valence-electron chi connectivity index (χ1n) is 6.19. The van der Waals surface area contributed by atoms with Gasteiger partial charge in [-0.25, -0.2) is 19.7 Å². The standard InChI is InChI=1S/C12H13N5O2/c1-2-19-12(18)8-5-13-10(11-14-6-15-17-11)16-9(8)7-3-4-7/h5-7H,2-4H2,1H3,(H,14,15,17). The average molecular weight is 259 g/mol. The van der Waals surface area contributed by atoms with Crippen molar-refractivity contribution >= 4 is 5.97 Å². The zero-order valence-corrected chi connectivity index (χ0v) is 10.5. The number of aromatic amines is 1. The number of rotatable bonds is 4. The second-order valence-corrected chi connectivity index (χ2v) is 4.32. The fraction of sp³-hybridized carbons (Fsp3) is 0.417. The molecule has 0 radical (unpaired) electrons. The van der Waals surface area contributed by atoms with E-state index >= 15 is 0 Å². The molecule has 0 unspecified atom stereocenters. The lowest BCUT2D eigenvalue weighted by Gasteiger charge is -2.07. The van der Waals surface area contributed by atoms with Crippen LogP contribution in [0.2, 0.25) is 0 Å². The van der Waals surface area contributed by atoms with Crippen molar-refractivity contribution in [3.63, 3.8) is 0 Å². The van der Waals surface area contributed by atoms with Gasteiger partial charge in [-0.2, -0.15) is 5.10 Å². The molecule has 0 aromatic carbocycles. The van der Waals surface area contributed by atoms with Crippen LogP contribution in [-0.4, -0.2) is 37.7 Å². The number of esters is 1. The van der Waals surface area contributed by atoms with E-state index in [-0.39, 0.29) is 5.97 Å². The van der Waals surface area contributed by atoms with Crippen LogP contribution in [0.1, 0.15) is 41.7 Å².